The molecule has 5 rings (SSSR count). The molecular formula is C19H22O5. The summed E-state index contributed by atoms with van der Waals surface area (Å²) in [6, 6.07) is 0. The molecule has 8 atom stereocenters. The molecule has 24 heavy (non-hydrogen) atoms. The summed E-state index contributed by atoms with van der Waals surface area (Å²) in [5.74, 6) is -2.31. The van der Waals surface area contributed by atoms with E-state index in [-0.39, 0.29) is 11.8 Å². The van der Waals surface area contributed by atoms with Crippen molar-refractivity contribution in [1.82, 2.24) is 0 Å². The second-order valence-corrected chi connectivity index (χ2v) is 8.72. The van der Waals surface area contributed by atoms with Crippen molar-refractivity contribution in [2.75, 3.05) is 0 Å². The quantitative estimate of drug-likeness (QED) is 0.567. The maximum absolute atomic E-state index is 12.7. The van der Waals surface area contributed by atoms with E-state index in [0.29, 0.717) is 19.3 Å². The van der Waals surface area contributed by atoms with Crippen LogP contribution in [0, 0.1) is 34.5 Å². The molecule has 5 aliphatic rings. The average Bonchev–Trinajstić information content (AvgIpc) is 2.98. The highest BCUT2D eigenvalue weighted by Crippen LogP contribution is 2.76. The number of carboxylic acid groups (broad SMARTS) is 1. The van der Waals surface area contributed by atoms with Crippen LogP contribution in [-0.4, -0.2) is 33.9 Å². The normalized spacial score (nSPS) is 56.8. The molecule has 3 saturated carbocycles. The van der Waals surface area contributed by atoms with Gasteiger partial charge in [-0.25, -0.2) is 0 Å². The standard InChI is InChI=1S/C19H22O5/c1-9-7-18-8-10(9)3-4-11(18)19-6-5-12(20)17(2,16(23)24-19)14(19)13(18)15(21)22/h3-4,10-14,20H,1,5-8H2,2H3,(H,21,22)/t10-,11-,12+,13-,14-,17-,18+,19-/m1/s1. The number of carbonyl (C=O) groups excluding carboxylic acids is 1. The van der Waals surface area contributed by atoms with Gasteiger partial charge < -0.3 is 14.9 Å². The molecule has 4 fully saturated rings. The summed E-state index contributed by atoms with van der Waals surface area (Å²) in [5.41, 5.74) is -1.25. The molecule has 1 spiro atoms. The number of carboxylic acids is 1. The molecule has 0 aromatic rings. The highest BCUT2D eigenvalue weighted by Gasteiger charge is 2.82. The monoisotopic (exact) mass is 330 g/mol. The molecule has 4 aliphatic carbocycles. The smallest absolute Gasteiger partial charge is 0.315 e. The van der Waals surface area contributed by atoms with Crippen molar-refractivity contribution in [3.8, 4) is 0 Å². The Balaban J connectivity index is 1.78. The number of aliphatic hydroxyl groups excluding tert-OH is 1. The summed E-state index contributed by atoms with van der Waals surface area (Å²) >= 11 is 0. The molecule has 0 unspecified atom stereocenters. The van der Waals surface area contributed by atoms with Crippen molar-refractivity contribution in [2.24, 2.45) is 34.5 Å². The Morgan fingerprint density at radius 3 is 2.88 bits per heavy atom. The van der Waals surface area contributed by atoms with Crippen LogP contribution >= 0.6 is 0 Å². The predicted octanol–water partition coefficient (Wildman–Crippen LogP) is 1.91. The van der Waals surface area contributed by atoms with Crippen molar-refractivity contribution in [3.63, 3.8) is 0 Å². The molecule has 4 bridgehead atoms. The fraction of sp³-hybridized carbons (Fsp3) is 0.684. The van der Waals surface area contributed by atoms with E-state index in [1.165, 1.54) is 0 Å². The van der Waals surface area contributed by atoms with E-state index >= 15 is 0 Å². The lowest BCUT2D eigenvalue weighted by Gasteiger charge is -2.43. The second kappa shape index (κ2) is 3.96. The molecule has 5 nitrogen and oxygen atoms in total. The zero-order valence-electron chi connectivity index (χ0n) is 13.7. The van der Waals surface area contributed by atoms with Crippen molar-refractivity contribution >= 4 is 11.9 Å². The van der Waals surface area contributed by atoms with Crippen LogP contribution in [0.4, 0.5) is 0 Å². The first-order valence-electron chi connectivity index (χ1n) is 8.78. The zero-order valence-corrected chi connectivity index (χ0v) is 13.7. The number of hydrogen-bond donors (Lipinski definition) is 2. The van der Waals surface area contributed by atoms with Gasteiger partial charge in [-0.2, -0.15) is 0 Å². The number of fused-ring (bicyclic) bond motifs is 1. The third-order valence-electron chi connectivity index (χ3n) is 7.98. The summed E-state index contributed by atoms with van der Waals surface area (Å²) in [5, 5.41) is 20.7. The van der Waals surface area contributed by atoms with Gasteiger partial charge in [0.2, 0.25) is 0 Å². The molecule has 1 heterocycles. The summed E-state index contributed by atoms with van der Waals surface area (Å²) in [6.07, 6.45) is 5.85. The second-order valence-electron chi connectivity index (χ2n) is 8.72. The topological polar surface area (TPSA) is 83.8 Å². The molecule has 0 radical (unpaired) electrons. The van der Waals surface area contributed by atoms with E-state index in [2.05, 4.69) is 18.7 Å². The van der Waals surface area contributed by atoms with Crippen LogP contribution < -0.4 is 0 Å². The fourth-order valence-electron chi connectivity index (χ4n) is 7.09. The van der Waals surface area contributed by atoms with Crippen LogP contribution in [0.3, 0.4) is 0 Å². The molecule has 0 amide bonds. The number of carbonyl (C=O) groups is 2. The van der Waals surface area contributed by atoms with E-state index in [1.807, 2.05) is 0 Å². The lowest BCUT2D eigenvalue weighted by molar-refractivity contribution is -0.160. The molecule has 1 saturated heterocycles. The average molecular weight is 330 g/mol. The van der Waals surface area contributed by atoms with Crippen LogP contribution in [-0.2, 0) is 14.3 Å². The van der Waals surface area contributed by atoms with Crippen molar-refractivity contribution in [2.45, 2.75) is 44.3 Å². The molecule has 2 N–H and O–H groups in total. The van der Waals surface area contributed by atoms with Crippen LogP contribution in [0.2, 0.25) is 0 Å². The van der Waals surface area contributed by atoms with E-state index in [1.54, 1.807) is 6.92 Å². The summed E-state index contributed by atoms with van der Waals surface area (Å²) in [4.78, 5) is 25.1. The van der Waals surface area contributed by atoms with E-state index in [4.69, 9.17) is 4.74 Å². The molecule has 0 aromatic heterocycles. The minimum absolute atomic E-state index is 0.0927. The molecule has 128 valence electrons. The van der Waals surface area contributed by atoms with Gasteiger partial charge >= 0.3 is 11.9 Å². The van der Waals surface area contributed by atoms with Gasteiger partial charge in [0.05, 0.1) is 17.4 Å². The third-order valence-corrected chi connectivity index (χ3v) is 7.98. The van der Waals surface area contributed by atoms with Crippen LogP contribution in [0.1, 0.15) is 32.6 Å². The Kier molecular flexibility index (Phi) is 2.42. The van der Waals surface area contributed by atoms with Gasteiger partial charge in [0.25, 0.3) is 0 Å². The van der Waals surface area contributed by atoms with Gasteiger partial charge in [0.1, 0.15) is 5.60 Å². The summed E-state index contributed by atoms with van der Waals surface area (Å²) in [6.45, 7) is 5.88. The number of ether oxygens (including phenoxy) is 1. The molecular weight excluding hydrogens is 308 g/mol. The highest BCUT2D eigenvalue weighted by atomic mass is 16.6. The lowest BCUT2D eigenvalue weighted by atomic mass is 9.59. The first kappa shape index (κ1) is 14.7. The predicted molar refractivity (Wildman–Crippen MR) is 83.7 cm³/mol. The minimum Gasteiger partial charge on any atom is -0.481 e. The number of aliphatic hydroxyl groups is 1. The first-order valence-corrected chi connectivity index (χ1v) is 8.78. The van der Waals surface area contributed by atoms with Crippen molar-refractivity contribution < 1.29 is 24.5 Å². The number of esters is 1. The number of hydrogen-bond acceptors (Lipinski definition) is 4. The van der Waals surface area contributed by atoms with Crippen LogP contribution in [0.15, 0.2) is 24.3 Å². The first-order chi connectivity index (χ1) is 11.3. The minimum atomic E-state index is -1.12. The molecule has 0 aromatic carbocycles. The largest absolute Gasteiger partial charge is 0.481 e. The molecule has 5 heteroatoms. The SMILES string of the molecule is C=C1C[C@]23C[C@H]1C=C[C@H]2[C@@]12CC[C@H](O)[C@@](C)(C(=O)O1)[C@H]2[C@@H]3C(=O)O. The molecule has 1 aliphatic heterocycles. The number of aliphatic carboxylic acids is 1. The maximum Gasteiger partial charge on any atom is 0.315 e. The summed E-state index contributed by atoms with van der Waals surface area (Å²) in [7, 11) is 0. The van der Waals surface area contributed by atoms with Gasteiger partial charge in [0, 0.05) is 11.8 Å². The fourth-order valence-corrected chi connectivity index (χ4v) is 7.09. The van der Waals surface area contributed by atoms with Crippen molar-refractivity contribution in [3.05, 3.63) is 24.3 Å². The van der Waals surface area contributed by atoms with Gasteiger partial charge in [-0.1, -0.05) is 24.3 Å². The van der Waals surface area contributed by atoms with E-state index in [9.17, 15) is 19.8 Å². The number of rotatable bonds is 1. The highest BCUT2D eigenvalue weighted by molar-refractivity contribution is 5.85. The van der Waals surface area contributed by atoms with Gasteiger partial charge in [-0.05, 0) is 43.9 Å². The van der Waals surface area contributed by atoms with E-state index < -0.39 is 46.3 Å². The van der Waals surface area contributed by atoms with Crippen molar-refractivity contribution in [1.29, 1.82) is 0 Å². The lowest BCUT2D eigenvalue weighted by Crippen LogP contribution is -2.53. The van der Waals surface area contributed by atoms with Gasteiger partial charge in [-0.15, -0.1) is 0 Å². The zero-order chi connectivity index (χ0) is 17.1. The Bertz CT molecular complexity index is 725. The van der Waals surface area contributed by atoms with Crippen LogP contribution in [0.5, 0.6) is 0 Å². The number of allylic oxidation sites excluding steroid dienone is 2. The Morgan fingerprint density at radius 2 is 2.17 bits per heavy atom. The Morgan fingerprint density at radius 1 is 1.42 bits per heavy atom. The Labute approximate surface area is 140 Å². The van der Waals surface area contributed by atoms with Gasteiger partial charge in [0.15, 0.2) is 0 Å². The summed E-state index contributed by atoms with van der Waals surface area (Å²) < 4.78 is 5.96. The Hall–Kier alpha value is -1.62. The maximum atomic E-state index is 12.7. The van der Waals surface area contributed by atoms with Crippen LogP contribution in [0.25, 0.3) is 0 Å². The third kappa shape index (κ3) is 1.25. The van der Waals surface area contributed by atoms with E-state index in [0.717, 1.165) is 12.0 Å². The van der Waals surface area contributed by atoms with Gasteiger partial charge in [-0.3, -0.25) is 9.59 Å².